The van der Waals surface area contributed by atoms with Crippen LogP contribution in [-0.2, 0) is 11.2 Å². The van der Waals surface area contributed by atoms with Crippen LogP contribution in [0.3, 0.4) is 0 Å². The smallest absolute Gasteiger partial charge is 0.220 e. The van der Waals surface area contributed by atoms with Crippen LogP contribution in [0.4, 0.5) is 0 Å². The molecule has 0 aromatic carbocycles. The number of hydrogen-bond donors (Lipinski definition) is 2. The average Bonchev–Trinajstić information content (AvgIpc) is 2.83. The van der Waals surface area contributed by atoms with Crippen molar-refractivity contribution in [2.75, 3.05) is 0 Å². The van der Waals surface area contributed by atoms with Crippen molar-refractivity contribution < 1.29 is 4.79 Å². The van der Waals surface area contributed by atoms with E-state index >= 15 is 0 Å². The normalized spacial score (nSPS) is 30.5. The van der Waals surface area contributed by atoms with E-state index in [0.29, 0.717) is 30.3 Å². The Kier molecular flexibility index (Phi) is 6.57. The Morgan fingerprint density at radius 2 is 2.00 bits per heavy atom. The number of nitrogens with two attached hydrogens (primary N) is 1. The number of halogens is 2. The monoisotopic (exact) mass is 362 g/mol. The number of carbonyl (C=O) groups excluding carboxylic acids is 1. The predicted octanol–water partition coefficient (Wildman–Crippen LogP) is 3.78. The molecule has 0 saturated heterocycles. The summed E-state index contributed by atoms with van der Waals surface area (Å²) in [4.78, 5) is 13.4. The molecule has 1 aromatic rings. The first-order valence-corrected chi connectivity index (χ1v) is 9.10. The van der Waals surface area contributed by atoms with Gasteiger partial charge < -0.3 is 11.1 Å². The number of aryl methyl sites for hydroxylation is 1. The molecule has 22 heavy (non-hydrogen) atoms. The van der Waals surface area contributed by atoms with E-state index < -0.39 is 0 Å². The van der Waals surface area contributed by atoms with E-state index in [1.807, 2.05) is 12.1 Å². The predicted molar refractivity (Wildman–Crippen MR) is 94.9 cm³/mol. The number of amides is 1. The molecule has 3 rings (SSSR count). The molecule has 0 radical (unpaired) electrons. The molecule has 124 valence electrons. The Balaban J connectivity index is 0.00000176. The zero-order valence-corrected chi connectivity index (χ0v) is 15.0. The largest absolute Gasteiger partial charge is 0.353 e. The third kappa shape index (κ3) is 4.38. The summed E-state index contributed by atoms with van der Waals surface area (Å²) in [6, 6.07) is 4.60. The minimum absolute atomic E-state index is 0. The fraction of sp³-hybridized carbons (Fsp3) is 0.688. The van der Waals surface area contributed by atoms with Gasteiger partial charge >= 0.3 is 0 Å². The van der Waals surface area contributed by atoms with Crippen LogP contribution in [0.5, 0.6) is 0 Å². The van der Waals surface area contributed by atoms with Gasteiger partial charge in [0.15, 0.2) is 0 Å². The lowest BCUT2D eigenvalue weighted by Crippen LogP contribution is -2.53. The third-order valence-electron chi connectivity index (χ3n) is 4.93. The number of nitrogens with one attached hydrogen (secondary N) is 1. The summed E-state index contributed by atoms with van der Waals surface area (Å²) < 4.78 is 0.793. The molecule has 2 aliphatic rings. The van der Waals surface area contributed by atoms with Gasteiger partial charge in [-0.25, -0.2) is 0 Å². The van der Waals surface area contributed by atoms with Crippen LogP contribution >= 0.6 is 35.3 Å². The van der Waals surface area contributed by atoms with Gasteiger partial charge in [0, 0.05) is 23.4 Å². The first kappa shape index (κ1) is 18.1. The zero-order valence-electron chi connectivity index (χ0n) is 12.6. The Morgan fingerprint density at radius 1 is 1.32 bits per heavy atom. The molecular weight excluding hydrogens is 339 g/mol. The highest BCUT2D eigenvalue weighted by Crippen LogP contribution is 2.39. The summed E-state index contributed by atoms with van der Waals surface area (Å²) in [7, 11) is 0. The maximum atomic E-state index is 12.2. The number of hydrogen-bond acceptors (Lipinski definition) is 3. The van der Waals surface area contributed by atoms with E-state index in [1.54, 1.807) is 11.3 Å². The van der Waals surface area contributed by atoms with Crippen molar-refractivity contribution in [3.63, 3.8) is 0 Å². The summed E-state index contributed by atoms with van der Waals surface area (Å²) in [6.45, 7) is 0. The molecule has 2 aliphatic carbocycles. The molecule has 2 fully saturated rings. The van der Waals surface area contributed by atoms with E-state index in [2.05, 4.69) is 5.32 Å². The summed E-state index contributed by atoms with van der Waals surface area (Å²) in [5.74, 6) is 1.36. The molecule has 1 heterocycles. The van der Waals surface area contributed by atoms with Gasteiger partial charge in [0.05, 0.1) is 4.34 Å². The second kappa shape index (κ2) is 8.00. The number of rotatable bonds is 4. The van der Waals surface area contributed by atoms with E-state index in [1.165, 1.54) is 24.1 Å². The maximum Gasteiger partial charge on any atom is 0.220 e. The van der Waals surface area contributed by atoms with Crippen LogP contribution in [0.25, 0.3) is 0 Å². The van der Waals surface area contributed by atoms with Crippen molar-refractivity contribution in [1.29, 1.82) is 0 Å². The topological polar surface area (TPSA) is 55.1 Å². The maximum absolute atomic E-state index is 12.2. The van der Waals surface area contributed by atoms with Crippen molar-refractivity contribution in [2.24, 2.45) is 17.6 Å². The molecule has 1 amide bonds. The van der Waals surface area contributed by atoms with E-state index in [-0.39, 0.29) is 18.3 Å². The minimum Gasteiger partial charge on any atom is -0.353 e. The Bertz CT molecular complexity index is 494. The average molecular weight is 363 g/mol. The summed E-state index contributed by atoms with van der Waals surface area (Å²) in [5, 5.41) is 3.30. The molecule has 0 aliphatic heterocycles. The molecule has 2 atom stereocenters. The first-order valence-electron chi connectivity index (χ1n) is 7.91. The van der Waals surface area contributed by atoms with Gasteiger partial charge in [-0.05, 0) is 56.1 Å². The number of fused-ring (bicyclic) bond motifs is 2. The molecule has 3 nitrogen and oxygen atoms in total. The van der Waals surface area contributed by atoms with Crippen molar-refractivity contribution in [3.8, 4) is 0 Å². The highest BCUT2D eigenvalue weighted by molar-refractivity contribution is 7.16. The highest BCUT2D eigenvalue weighted by Gasteiger charge is 2.39. The SMILES string of the molecule is Cl.NC1CC2CCCC(C1)C2NC(=O)CCc1ccc(Cl)s1. The fourth-order valence-electron chi connectivity index (χ4n) is 4.01. The third-order valence-corrected chi connectivity index (χ3v) is 6.22. The molecule has 2 bridgehead atoms. The second-order valence-corrected chi connectivity index (χ2v) is 8.28. The molecule has 2 unspecified atom stereocenters. The van der Waals surface area contributed by atoms with Gasteiger partial charge in [-0.3, -0.25) is 4.79 Å². The van der Waals surface area contributed by atoms with Crippen LogP contribution in [0.15, 0.2) is 12.1 Å². The molecule has 3 N–H and O–H groups in total. The quantitative estimate of drug-likeness (QED) is 0.855. The van der Waals surface area contributed by atoms with Gasteiger partial charge in [0.1, 0.15) is 0 Å². The molecule has 6 heteroatoms. The lowest BCUT2D eigenvalue weighted by molar-refractivity contribution is -0.123. The van der Waals surface area contributed by atoms with E-state index in [0.717, 1.165) is 23.6 Å². The van der Waals surface area contributed by atoms with Crippen molar-refractivity contribution in [1.82, 2.24) is 5.32 Å². The van der Waals surface area contributed by atoms with Crippen LogP contribution in [0.2, 0.25) is 4.34 Å². The Hall–Kier alpha value is -0.290. The molecule has 2 saturated carbocycles. The van der Waals surface area contributed by atoms with Crippen LogP contribution in [0, 0.1) is 11.8 Å². The van der Waals surface area contributed by atoms with Crippen LogP contribution < -0.4 is 11.1 Å². The minimum atomic E-state index is 0. The Morgan fingerprint density at radius 3 is 2.59 bits per heavy atom. The van der Waals surface area contributed by atoms with Crippen molar-refractivity contribution >= 4 is 41.3 Å². The highest BCUT2D eigenvalue weighted by atomic mass is 35.5. The number of thiophene rings is 1. The van der Waals surface area contributed by atoms with Gasteiger partial charge in [-0.15, -0.1) is 23.7 Å². The second-order valence-electron chi connectivity index (χ2n) is 6.48. The Labute approximate surface area is 147 Å². The van der Waals surface area contributed by atoms with E-state index in [4.69, 9.17) is 17.3 Å². The van der Waals surface area contributed by atoms with Gasteiger partial charge in [0.2, 0.25) is 5.91 Å². The lowest BCUT2D eigenvalue weighted by atomic mass is 9.67. The molecule has 0 spiro atoms. The fourth-order valence-corrected chi connectivity index (χ4v) is 5.09. The van der Waals surface area contributed by atoms with Crippen LogP contribution in [-0.4, -0.2) is 18.0 Å². The summed E-state index contributed by atoms with van der Waals surface area (Å²) in [6.07, 6.45) is 7.21. The van der Waals surface area contributed by atoms with E-state index in [9.17, 15) is 4.79 Å². The van der Waals surface area contributed by atoms with Crippen molar-refractivity contribution in [3.05, 3.63) is 21.3 Å². The summed E-state index contributed by atoms with van der Waals surface area (Å²) in [5.41, 5.74) is 6.13. The standard InChI is InChI=1S/C16H23ClN2OS.ClH/c17-14-6-4-13(21-14)5-7-15(20)19-16-10-2-1-3-11(16)9-12(18)8-10;/h4,6,10-12,16H,1-3,5,7-9,18H2,(H,19,20);1H. The number of carbonyl (C=O) groups is 1. The first-order chi connectivity index (χ1) is 10.1. The molecular formula is C16H24Cl2N2OS. The zero-order chi connectivity index (χ0) is 14.8. The summed E-state index contributed by atoms with van der Waals surface area (Å²) >= 11 is 7.48. The van der Waals surface area contributed by atoms with Gasteiger partial charge in [-0.1, -0.05) is 18.0 Å². The van der Waals surface area contributed by atoms with Gasteiger partial charge in [-0.2, -0.15) is 0 Å². The lowest BCUT2D eigenvalue weighted by Gasteiger charge is -2.45. The molecule has 1 aromatic heterocycles. The van der Waals surface area contributed by atoms with Crippen LogP contribution in [0.1, 0.15) is 43.4 Å². The van der Waals surface area contributed by atoms with Crippen molar-refractivity contribution in [2.45, 2.75) is 57.0 Å². The van der Waals surface area contributed by atoms with Gasteiger partial charge in [0.25, 0.3) is 0 Å².